The van der Waals surface area contributed by atoms with Crippen LogP contribution in [0.2, 0.25) is 0 Å². The zero-order valence-corrected chi connectivity index (χ0v) is 9.48. The molecule has 2 N–H and O–H groups in total. The lowest BCUT2D eigenvalue weighted by molar-refractivity contribution is 0.599. The lowest BCUT2D eigenvalue weighted by atomic mass is 10.5. The predicted octanol–water partition coefficient (Wildman–Crippen LogP) is -0.353. The van der Waals surface area contributed by atoms with Crippen LogP contribution in [0, 0.1) is 6.92 Å². The smallest absolute Gasteiger partial charge is 0.267 e. The Morgan fingerprint density at radius 1 is 1.50 bits per heavy atom. The summed E-state index contributed by atoms with van der Waals surface area (Å²) in [6.45, 7) is 1.62. The summed E-state index contributed by atoms with van der Waals surface area (Å²) in [6.07, 6.45) is 2.51. The van der Waals surface area contributed by atoms with Crippen LogP contribution in [0.4, 0.5) is 5.95 Å². The molecule has 0 bridgehead atoms. The Labute approximate surface area is 91.8 Å². The average Bonchev–Trinajstić information content (AvgIpc) is 2.76. The van der Waals surface area contributed by atoms with Gasteiger partial charge in [-0.15, -0.1) is 0 Å². The Morgan fingerprint density at radius 3 is 2.75 bits per heavy atom. The van der Waals surface area contributed by atoms with Gasteiger partial charge in [0.15, 0.2) is 0 Å². The molecule has 0 saturated carbocycles. The number of hydrogen-bond acceptors (Lipinski definition) is 5. The maximum atomic E-state index is 11.9. The molecule has 0 unspecified atom stereocenters. The Balaban J connectivity index is 2.36. The maximum Gasteiger partial charge on any atom is 0.267 e. The fourth-order valence-electron chi connectivity index (χ4n) is 1.17. The molecule has 8 nitrogen and oxygen atoms in total. The van der Waals surface area contributed by atoms with E-state index in [0.29, 0.717) is 5.69 Å². The maximum absolute atomic E-state index is 11.9. The Kier molecular flexibility index (Phi) is 2.38. The summed E-state index contributed by atoms with van der Waals surface area (Å²) in [6, 6.07) is 0. The van der Waals surface area contributed by atoms with E-state index in [0.717, 1.165) is 0 Å². The van der Waals surface area contributed by atoms with Gasteiger partial charge in [0.1, 0.15) is 11.2 Å². The van der Waals surface area contributed by atoms with Crippen LogP contribution in [0.1, 0.15) is 5.69 Å². The van der Waals surface area contributed by atoms with Crippen LogP contribution in [0.3, 0.4) is 0 Å². The van der Waals surface area contributed by atoms with Gasteiger partial charge < -0.3 is 0 Å². The Bertz CT molecular complexity index is 598. The number of aromatic amines is 1. The molecule has 0 aliphatic heterocycles. The number of H-pyrrole nitrogens is 1. The number of aromatic nitrogens is 5. The van der Waals surface area contributed by atoms with Crippen molar-refractivity contribution in [1.82, 2.24) is 25.0 Å². The molecule has 2 rings (SSSR count). The van der Waals surface area contributed by atoms with Crippen LogP contribution in [0.15, 0.2) is 17.4 Å². The minimum Gasteiger partial charge on any atom is -0.281 e. The molecule has 2 heterocycles. The highest BCUT2D eigenvalue weighted by Gasteiger charge is 2.20. The molecule has 0 aromatic carbocycles. The molecule has 0 aliphatic rings. The molecule has 9 heteroatoms. The highest BCUT2D eigenvalue weighted by Crippen LogP contribution is 2.14. The van der Waals surface area contributed by atoms with Crippen molar-refractivity contribution < 1.29 is 8.42 Å². The van der Waals surface area contributed by atoms with E-state index in [1.54, 1.807) is 14.0 Å². The van der Waals surface area contributed by atoms with Crippen molar-refractivity contribution in [2.45, 2.75) is 11.8 Å². The van der Waals surface area contributed by atoms with Crippen molar-refractivity contribution in [1.29, 1.82) is 0 Å². The minimum atomic E-state index is -3.66. The molecular weight excluding hydrogens is 232 g/mol. The molecule has 86 valence electrons. The number of anilines is 1. The summed E-state index contributed by atoms with van der Waals surface area (Å²) in [5.74, 6) is 0.153. The summed E-state index contributed by atoms with van der Waals surface area (Å²) in [7, 11) is -2.07. The van der Waals surface area contributed by atoms with Crippen LogP contribution in [0.25, 0.3) is 0 Å². The first-order chi connectivity index (χ1) is 7.50. The van der Waals surface area contributed by atoms with Crippen molar-refractivity contribution in [2.75, 3.05) is 4.72 Å². The van der Waals surface area contributed by atoms with Gasteiger partial charge in [-0.3, -0.25) is 5.10 Å². The third-order valence-corrected chi connectivity index (χ3v) is 3.45. The molecule has 0 spiro atoms. The summed E-state index contributed by atoms with van der Waals surface area (Å²) >= 11 is 0. The predicted molar refractivity (Wildman–Crippen MR) is 55.1 cm³/mol. The van der Waals surface area contributed by atoms with E-state index in [1.807, 2.05) is 0 Å². The minimum absolute atomic E-state index is 0.0931. The zero-order chi connectivity index (χ0) is 11.8. The molecule has 0 fully saturated rings. The molecule has 0 amide bonds. The standard InChI is InChI=1S/C7H10N6O2S/c1-5-6(3-9-11-5)16(14,15)12-7-8-4-10-13(7)2/h3-4H,1-2H3,(H,9,11)(H,8,10,12). The topological polar surface area (TPSA) is 106 Å². The van der Waals surface area contributed by atoms with E-state index >= 15 is 0 Å². The van der Waals surface area contributed by atoms with Crippen molar-refractivity contribution >= 4 is 16.0 Å². The summed E-state index contributed by atoms with van der Waals surface area (Å²) in [5.41, 5.74) is 0.467. The Morgan fingerprint density at radius 2 is 2.25 bits per heavy atom. The monoisotopic (exact) mass is 242 g/mol. The Hall–Kier alpha value is -1.90. The van der Waals surface area contributed by atoms with Crippen LogP contribution in [-0.4, -0.2) is 33.4 Å². The van der Waals surface area contributed by atoms with Crippen molar-refractivity contribution in [3.05, 3.63) is 18.2 Å². The number of nitrogens with zero attached hydrogens (tertiary/aromatic N) is 4. The van der Waals surface area contributed by atoms with Crippen molar-refractivity contribution in [2.24, 2.45) is 7.05 Å². The third-order valence-electron chi connectivity index (χ3n) is 2.01. The van der Waals surface area contributed by atoms with Gasteiger partial charge in [0.25, 0.3) is 10.0 Å². The number of nitrogens with one attached hydrogen (secondary N) is 2. The zero-order valence-electron chi connectivity index (χ0n) is 8.67. The second-order valence-corrected chi connectivity index (χ2v) is 4.82. The second kappa shape index (κ2) is 3.59. The quantitative estimate of drug-likeness (QED) is 0.765. The van der Waals surface area contributed by atoms with Crippen molar-refractivity contribution in [3.63, 3.8) is 0 Å². The largest absolute Gasteiger partial charge is 0.281 e. The molecule has 0 aliphatic carbocycles. The summed E-state index contributed by atoms with van der Waals surface area (Å²) in [4.78, 5) is 3.86. The SMILES string of the molecule is Cc1[nH]ncc1S(=O)(=O)Nc1ncnn1C. The second-order valence-electron chi connectivity index (χ2n) is 3.17. The molecule has 0 atom stereocenters. The van der Waals surface area contributed by atoms with Gasteiger partial charge in [0.05, 0.1) is 11.9 Å². The van der Waals surface area contributed by atoms with Crippen molar-refractivity contribution in [3.8, 4) is 0 Å². The normalized spacial score (nSPS) is 11.6. The first-order valence-electron chi connectivity index (χ1n) is 4.37. The third kappa shape index (κ3) is 1.76. The fraction of sp³-hybridized carbons (Fsp3) is 0.286. The molecule has 16 heavy (non-hydrogen) atoms. The summed E-state index contributed by atoms with van der Waals surface area (Å²) < 4.78 is 27.4. The molecular formula is C7H10N6O2S. The van der Waals surface area contributed by atoms with Gasteiger partial charge >= 0.3 is 0 Å². The van der Waals surface area contributed by atoms with E-state index in [9.17, 15) is 8.42 Å². The van der Waals surface area contributed by atoms with Gasteiger partial charge in [-0.2, -0.15) is 15.2 Å². The number of hydrogen-bond donors (Lipinski definition) is 2. The van der Waals surface area contributed by atoms with E-state index in [-0.39, 0.29) is 10.8 Å². The highest BCUT2D eigenvalue weighted by molar-refractivity contribution is 7.92. The first kappa shape index (κ1) is 10.6. The highest BCUT2D eigenvalue weighted by atomic mass is 32.2. The van der Waals surface area contributed by atoms with Gasteiger partial charge in [0, 0.05) is 7.05 Å². The van der Waals surface area contributed by atoms with Crippen LogP contribution in [0.5, 0.6) is 0 Å². The van der Waals surface area contributed by atoms with Gasteiger partial charge in [-0.1, -0.05) is 0 Å². The van der Waals surface area contributed by atoms with E-state index < -0.39 is 10.0 Å². The first-order valence-corrected chi connectivity index (χ1v) is 5.86. The molecule has 0 radical (unpaired) electrons. The molecule has 0 saturated heterocycles. The van der Waals surface area contributed by atoms with E-state index in [2.05, 4.69) is 25.0 Å². The van der Waals surface area contributed by atoms with Crippen LogP contribution >= 0.6 is 0 Å². The van der Waals surface area contributed by atoms with E-state index in [4.69, 9.17) is 0 Å². The summed E-state index contributed by atoms with van der Waals surface area (Å²) in [5, 5.41) is 9.97. The number of aryl methyl sites for hydroxylation is 2. The van der Waals surface area contributed by atoms with E-state index in [1.165, 1.54) is 17.2 Å². The number of sulfonamides is 1. The van der Waals surface area contributed by atoms with Gasteiger partial charge in [-0.05, 0) is 6.92 Å². The van der Waals surface area contributed by atoms with Crippen LogP contribution < -0.4 is 4.72 Å². The average molecular weight is 242 g/mol. The van der Waals surface area contributed by atoms with Crippen LogP contribution in [-0.2, 0) is 17.1 Å². The lowest BCUT2D eigenvalue weighted by Gasteiger charge is -2.05. The molecule has 2 aromatic rings. The van der Waals surface area contributed by atoms with Gasteiger partial charge in [-0.25, -0.2) is 17.8 Å². The van der Waals surface area contributed by atoms with Gasteiger partial charge in [0.2, 0.25) is 5.95 Å². The lowest BCUT2D eigenvalue weighted by Crippen LogP contribution is -2.16. The fourth-order valence-corrected chi connectivity index (χ4v) is 2.35. The molecule has 2 aromatic heterocycles. The number of rotatable bonds is 3.